The van der Waals surface area contributed by atoms with Crippen molar-refractivity contribution in [1.82, 2.24) is 4.47 Å². The molecule has 2 heterocycles. The number of thiophene rings is 1. The van der Waals surface area contributed by atoms with Gasteiger partial charge in [0.2, 0.25) is 0 Å². The molecular weight excluding hydrogens is 234 g/mol. The summed E-state index contributed by atoms with van der Waals surface area (Å²) in [4.78, 5) is 6.14. The maximum Gasteiger partial charge on any atom is 0.274 e. The molecule has 0 unspecified atom stereocenters. The van der Waals surface area contributed by atoms with Crippen LogP contribution in [0.3, 0.4) is 0 Å². The van der Waals surface area contributed by atoms with Crippen molar-refractivity contribution in [2.45, 2.75) is 24.0 Å². The third-order valence-corrected chi connectivity index (χ3v) is 5.60. The highest BCUT2D eigenvalue weighted by molar-refractivity contribution is 7.91. The van der Waals surface area contributed by atoms with Crippen molar-refractivity contribution in [1.29, 1.82) is 0 Å². The lowest BCUT2D eigenvalue weighted by Gasteiger charge is -2.12. The molecule has 0 spiro atoms. The van der Waals surface area contributed by atoms with E-state index in [1.165, 1.54) is 11.3 Å². The number of hydrogen-bond acceptors (Lipinski definition) is 4. The summed E-state index contributed by atoms with van der Waals surface area (Å²) in [5.74, 6) is 0. The Bertz CT molecular complexity index is 432. The van der Waals surface area contributed by atoms with Crippen molar-refractivity contribution in [2.75, 3.05) is 13.2 Å². The SMILES string of the molecule is CCc1ccc(S(=O)(=O)N2CCCO2)s1. The van der Waals surface area contributed by atoms with Gasteiger partial charge in [-0.25, -0.2) is 8.42 Å². The molecule has 0 saturated carbocycles. The summed E-state index contributed by atoms with van der Waals surface area (Å²) in [5.41, 5.74) is 0. The Morgan fingerprint density at radius 1 is 1.53 bits per heavy atom. The van der Waals surface area contributed by atoms with Gasteiger partial charge >= 0.3 is 0 Å². The van der Waals surface area contributed by atoms with Gasteiger partial charge in [0.1, 0.15) is 4.21 Å². The van der Waals surface area contributed by atoms with E-state index in [4.69, 9.17) is 4.84 Å². The first-order chi connectivity index (χ1) is 7.14. The van der Waals surface area contributed by atoms with Crippen LogP contribution < -0.4 is 0 Å². The van der Waals surface area contributed by atoms with Gasteiger partial charge in [0.05, 0.1) is 6.61 Å². The van der Waals surface area contributed by atoms with E-state index in [0.717, 1.165) is 22.2 Å². The molecule has 2 rings (SSSR count). The molecule has 0 atom stereocenters. The zero-order valence-electron chi connectivity index (χ0n) is 8.47. The van der Waals surface area contributed by atoms with E-state index in [9.17, 15) is 8.42 Å². The fourth-order valence-electron chi connectivity index (χ4n) is 1.40. The van der Waals surface area contributed by atoms with Gasteiger partial charge in [-0.15, -0.1) is 11.3 Å². The zero-order valence-corrected chi connectivity index (χ0v) is 10.1. The molecule has 6 heteroatoms. The minimum atomic E-state index is -3.40. The van der Waals surface area contributed by atoms with E-state index in [2.05, 4.69) is 0 Å². The second-order valence-corrected chi connectivity index (χ2v) is 6.52. The van der Waals surface area contributed by atoms with Gasteiger partial charge in [-0.2, -0.15) is 0 Å². The van der Waals surface area contributed by atoms with Gasteiger partial charge < -0.3 is 0 Å². The highest BCUT2D eigenvalue weighted by Gasteiger charge is 2.29. The minimum Gasteiger partial charge on any atom is -0.284 e. The number of sulfonamides is 1. The lowest BCUT2D eigenvalue weighted by atomic mass is 10.4. The van der Waals surface area contributed by atoms with Gasteiger partial charge in [0.25, 0.3) is 10.0 Å². The van der Waals surface area contributed by atoms with Crippen molar-refractivity contribution in [3.63, 3.8) is 0 Å². The lowest BCUT2D eigenvalue weighted by molar-refractivity contribution is -0.0282. The summed E-state index contributed by atoms with van der Waals surface area (Å²) >= 11 is 1.32. The van der Waals surface area contributed by atoms with Gasteiger partial charge in [-0.1, -0.05) is 11.4 Å². The van der Waals surface area contributed by atoms with Crippen LogP contribution in [0.5, 0.6) is 0 Å². The second kappa shape index (κ2) is 4.21. The average Bonchev–Trinajstić information content (AvgIpc) is 2.89. The Morgan fingerprint density at radius 2 is 2.33 bits per heavy atom. The highest BCUT2D eigenvalue weighted by atomic mass is 32.2. The Morgan fingerprint density at radius 3 is 2.87 bits per heavy atom. The molecule has 1 aromatic rings. The quantitative estimate of drug-likeness (QED) is 0.815. The molecule has 0 aliphatic carbocycles. The predicted molar refractivity (Wildman–Crippen MR) is 58.2 cm³/mol. The van der Waals surface area contributed by atoms with Crippen LogP contribution in [0.15, 0.2) is 16.3 Å². The van der Waals surface area contributed by atoms with E-state index in [0.29, 0.717) is 17.4 Å². The standard InChI is InChI=1S/C9H13NO3S2/c1-2-8-4-5-9(14-8)15(11,12)10-6-3-7-13-10/h4-5H,2-3,6-7H2,1H3. The predicted octanol–water partition coefficient (Wildman–Crippen LogP) is 1.64. The van der Waals surface area contributed by atoms with Crippen molar-refractivity contribution >= 4 is 21.4 Å². The number of rotatable bonds is 3. The molecule has 0 aromatic carbocycles. The van der Waals surface area contributed by atoms with E-state index in [1.54, 1.807) is 6.07 Å². The number of nitrogens with zero attached hydrogens (tertiary/aromatic N) is 1. The van der Waals surface area contributed by atoms with Crippen LogP contribution in [0.4, 0.5) is 0 Å². The van der Waals surface area contributed by atoms with Crippen LogP contribution in [0.2, 0.25) is 0 Å². The van der Waals surface area contributed by atoms with Crippen LogP contribution in [0, 0.1) is 0 Å². The van der Waals surface area contributed by atoms with Crippen LogP contribution in [0.1, 0.15) is 18.2 Å². The van der Waals surface area contributed by atoms with E-state index >= 15 is 0 Å². The first-order valence-electron chi connectivity index (χ1n) is 4.89. The van der Waals surface area contributed by atoms with Crippen molar-refractivity contribution in [3.05, 3.63) is 17.0 Å². The maximum absolute atomic E-state index is 12.0. The molecule has 1 aromatic heterocycles. The smallest absolute Gasteiger partial charge is 0.274 e. The Balaban J connectivity index is 2.28. The van der Waals surface area contributed by atoms with Gasteiger partial charge in [0, 0.05) is 11.4 Å². The maximum atomic E-state index is 12.0. The zero-order chi connectivity index (χ0) is 10.9. The average molecular weight is 247 g/mol. The molecule has 0 radical (unpaired) electrons. The third-order valence-electron chi connectivity index (χ3n) is 2.23. The minimum absolute atomic E-state index is 0.376. The molecular formula is C9H13NO3S2. The number of hydrogen-bond donors (Lipinski definition) is 0. The number of aryl methyl sites for hydroxylation is 1. The van der Waals surface area contributed by atoms with Crippen LogP contribution in [-0.4, -0.2) is 26.0 Å². The Kier molecular flexibility index (Phi) is 3.11. The Labute approximate surface area is 93.5 Å². The van der Waals surface area contributed by atoms with E-state index in [-0.39, 0.29) is 0 Å². The Hall–Kier alpha value is -0.430. The third kappa shape index (κ3) is 2.08. The fraction of sp³-hybridized carbons (Fsp3) is 0.556. The summed E-state index contributed by atoms with van der Waals surface area (Å²) < 4.78 is 25.4. The van der Waals surface area contributed by atoms with E-state index < -0.39 is 10.0 Å². The van der Waals surface area contributed by atoms with Crippen molar-refractivity contribution in [3.8, 4) is 0 Å². The first kappa shape index (κ1) is 11.1. The second-order valence-electron chi connectivity index (χ2n) is 3.29. The summed E-state index contributed by atoms with van der Waals surface area (Å²) in [6.07, 6.45) is 1.63. The fourth-order valence-corrected chi connectivity index (χ4v) is 4.09. The topological polar surface area (TPSA) is 46.6 Å². The van der Waals surface area contributed by atoms with Gasteiger partial charge in [-0.05, 0) is 25.0 Å². The van der Waals surface area contributed by atoms with Crippen LogP contribution in [-0.2, 0) is 21.3 Å². The normalized spacial score (nSPS) is 18.5. The summed E-state index contributed by atoms with van der Waals surface area (Å²) in [7, 11) is -3.40. The molecule has 0 amide bonds. The molecule has 1 aliphatic heterocycles. The van der Waals surface area contributed by atoms with Crippen LogP contribution >= 0.6 is 11.3 Å². The summed E-state index contributed by atoms with van der Waals surface area (Å²) in [6, 6.07) is 3.51. The first-order valence-corrected chi connectivity index (χ1v) is 7.14. The van der Waals surface area contributed by atoms with E-state index in [1.807, 2.05) is 13.0 Å². The van der Waals surface area contributed by atoms with Crippen LogP contribution in [0.25, 0.3) is 0 Å². The molecule has 1 fully saturated rings. The van der Waals surface area contributed by atoms with Crippen molar-refractivity contribution < 1.29 is 13.3 Å². The lowest BCUT2D eigenvalue weighted by Crippen LogP contribution is -2.25. The molecule has 1 saturated heterocycles. The molecule has 0 N–H and O–H groups in total. The highest BCUT2D eigenvalue weighted by Crippen LogP contribution is 2.26. The van der Waals surface area contributed by atoms with Gasteiger partial charge in [0.15, 0.2) is 0 Å². The summed E-state index contributed by atoms with van der Waals surface area (Å²) in [6.45, 7) is 2.96. The largest absolute Gasteiger partial charge is 0.284 e. The molecule has 84 valence electrons. The van der Waals surface area contributed by atoms with Gasteiger partial charge in [-0.3, -0.25) is 4.84 Å². The molecule has 4 nitrogen and oxygen atoms in total. The van der Waals surface area contributed by atoms with Crippen molar-refractivity contribution in [2.24, 2.45) is 0 Å². The molecule has 0 bridgehead atoms. The molecule has 1 aliphatic rings. The number of hydroxylamine groups is 1. The molecule has 15 heavy (non-hydrogen) atoms. The summed E-state index contributed by atoms with van der Waals surface area (Å²) in [5, 5.41) is 0. The monoisotopic (exact) mass is 247 g/mol.